The molecule has 2 rings (SSSR count). The van der Waals surface area contributed by atoms with Gasteiger partial charge in [-0.3, -0.25) is 0 Å². The highest BCUT2D eigenvalue weighted by molar-refractivity contribution is 9.08. The number of hydrogen-bond acceptors (Lipinski definition) is 2. The van der Waals surface area contributed by atoms with Crippen molar-refractivity contribution in [3.05, 3.63) is 64.5 Å². The second-order valence-electron chi connectivity index (χ2n) is 4.45. The zero-order valence-corrected chi connectivity index (χ0v) is 12.6. The topological polar surface area (TPSA) is 33.0 Å². The summed E-state index contributed by atoms with van der Waals surface area (Å²) in [7, 11) is 0. The summed E-state index contributed by atoms with van der Waals surface area (Å²) in [6, 6.07) is 12.2. The summed E-state index contributed by atoms with van der Waals surface area (Å²) in [5, 5.41) is 9.38. The van der Waals surface area contributed by atoms with E-state index in [1.807, 2.05) is 31.2 Å². The number of ether oxygens (including phenoxy) is 1. The van der Waals surface area contributed by atoms with Gasteiger partial charge in [-0.25, -0.2) is 4.39 Å². The maximum atomic E-state index is 13.7. The smallest absolute Gasteiger partial charge is 0.131 e. The van der Waals surface area contributed by atoms with Crippen molar-refractivity contribution in [1.29, 1.82) is 5.26 Å². The third kappa shape index (κ3) is 3.37. The van der Waals surface area contributed by atoms with Gasteiger partial charge in [0.15, 0.2) is 0 Å². The fraction of sp³-hybridized carbons (Fsp3) is 0.188. The Kier molecular flexibility index (Phi) is 4.75. The van der Waals surface area contributed by atoms with Crippen LogP contribution >= 0.6 is 15.9 Å². The van der Waals surface area contributed by atoms with Crippen LogP contribution in [0.3, 0.4) is 0 Å². The monoisotopic (exact) mass is 333 g/mol. The first kappa shape index (κ1) is 14.5. The molecule has 0 amide bonds. The molecule has 0 unspecified atom stereocenters. The van der Waals surface area contributed by atoms with Gasteiger partial charge in [0.25, 0.3) is 0 Å². The van der Waals surface area contributed by atoms with Gasteiger partial charge in [0.2, 0.25) is 0 Å². The van der Waals surface area contributed by atoms with Crippen LogP contribution in [0.5, 0.6) is 5.75 Å². The summed E-state index contributed by atoms with van der Waals surface area (Å²) in [4.78, 5) is 0. The molecule has 2 aromatic rings. The lowest BCUT2D eigenvalue weighted by molar-refractivity contribution is 0.297. The molecule has 4 heteroatoms. The van der Waals surface area contributed by atoms with Crippen molar-refractivity contribution in [2.24, 2.45) is 0 Å². The highest BCUT2D eigenvalue weighted by Gasteiger charge is 2.07. The van der Waals surface area contributed by atoms with Gasteiger partial charge in [-0.15, -0.1) is 0 Å². The summed E-state index contributed by atoms with van der Waals surface area (Å²) in [6.45, 7) is 2.15. The van der Waals surface area contributed by atoms with Gasteiger partial charge in [0.1, 0.15) is 18.2 Å². The van der Waals surface area contributed by atoms with Gasteiger partial charge in [-0.1, -0.05) is 39.7 Å². The molecule has 0 aliphatic rings. The molecule has 2 nitrogen and oxygen atoms in total. The van der Waals surface area contributed by atoms with E-state index in [0.29, 0.717) is 16.5 Å². The van der Waals surface area contributed by atoms with Crippen molar-refractivity contribution >= 4 is 15.9 Å². The number of hydrogen-bond donors (Lipinski definition) is 0. The molecule has 0 heterocycles. The molecule has 102 valence electrons. The standard InChI is InChI=1S/C16H13BrFNO/c1-11-2-5-16(14(6-11)8-17)20-10-13-4-3-12(9-19)7-15(13)18/h2-7H,8,10H2,1H3. The van der Waals surface area contributed by atoms with Gasteiger partial charge in [0.05, 0.1) is 11.6 Å². The molecular formula is C16H13BrFNO. The number of halogens is 2. The fourth-order valence-corrected chi connectivity index (χ4v) is 2.28. The average Bonchev–Trinajstić information content (AvgIpc) is 2.46. The second kappa shape index (κ2) is 6.53. The summed E-state index contributed by atoms with van der Waals surface area (Å²) < 4.78 is 19.4. The van der Waals surface area contributed by atoms with E-state index in [1.54, 1.807) is 12.1 Å². The van der Waals surface area contributed by atoms with Crippen LogP contribution in [0.1, 0.15) is 22.3 Å². The van der Waals surface area contributed by atoms with E-state index >= 15 is 0 Å². The molecular weight excluding hydrogens is 321 g/mol. The second-order valence-corrected chi connectivity index (χ2v) is 5.01. The van der Waals surface area contributed by atoms with E-state index in [4.69, 9.17) is 10.00 Å². The van der Waals surface area contributed by atoms with Crippen LogP contribution in [0.15, 0.2) is 36.4 Å². The lowest BCUT2D eigenvalue weighted by Crippen LogP contribution is -2.01. The Morgan fingerprint density at radius 3 is 2.65 bits per heavy atom. The Bertz CT molecular complexity index is 664. The van der Waals surface area contributed by atoms with Crippen molar-refractivity contribution in [2.75, 3.05) is 0 Å². The molecule has 0 spiro atoms. The molecule has 0 aromatic heterocycles. The molecule has 0 bridgehead atoms. The molecule has 0 fully saturated rings. The van der Waals surface area contributed by atoms with Crippen LogP contribution in [0, 0.1) is 24.1 Å². The minimum atomic E-state index is -0.420. The lowest BCUT2D eigenvalue weighted by atomic mass is 10.1. The van der Waals surface area contributed by atoms with Gasteiger partial charge >= 0.3 is 0 Å². The summed E-state index contributed by atoms with van der Waals surface area (Å²) in [5.41, 5.74) is 2.92. The Labute approximate surface area is 125 Å². The predicted molar refractivity (Wildman–Crippen MR) is 79.3 cm³/mol. The molecule has 0 N–H and O–H groups in total. The molecule has 2 aromatic carbocycles. The Balaban J connectivity index is 2.15. The Morgan fingerprint density at radius 1 is 1.20 bits per heavy atom. The minimum Gasteiger partial charge on any atom is -0.488 e. The van der Waals surface area contributed by atoms with Crippen molar-refractivity contribution < 1.29 is 9.13 Å². The maximum absolute atomic E-state index is 13.7. The molecule has 0 aliphatic heterocycles. The molecule has 0 atom stereocenters. The maximum Gasteiger partial charge on any atom is 0.131 e. The molecule has 20 heavy (non-hydrogen) atoms. The van der Waals surface area contributed by atoms with Gasteiger partial charge < -0.3 is 4.74 Å². The highest BCUT2D eigenvalue weighted by Crippen LogP contribution is 2.24. The van der Waals surface area contributed by atoms with E-state index in [0.717, 1.165) is 16.9 Å². The summed E-state index contributed by atoms with van der Waals surface area (Å²) >= 11 is 3.41. The molecule has 0 saturated heterocycles. The van der Waals surface area contributed by atoms with E-state index in [9.17, 15) is 4.39 Å². The Morgan fingerprint density at radius 2 is 2.00 bits per heavy atom. The molecule has 0 aliphatic carbocycles. The van der Waals surface area contributed by atoms with Gasteiger partial charge in [-0.2, -0.15) is 5.26 Å². The summed E-state index contributed by atoms with van der Waals surface area (Å²) in [6.07, 6.45) is 0. The number of rotatable bonds is 4. The van der Waals surface area contributed by atoms with Crippen LogP contribution < -0.4 is 4.74 Å². The van der Waals surface area contributed by atoms with Crippen LogP contribution in [0.4, 0.5) is 4.39 Å². The number of nitriles is 1. The molecule has 0 saturated carbocycles. The SMILES string of the molecule is Cc1ccc(OCc2ccc(C#N)cc2F)c(CBr)c1. The Hall–Kier alpha value is -1.86. The summed E-state index contributed by atoms with van der Waals surface area (Å²) in [5.74, 6) is 0.313. The van der Waals surface area contributed by atoms with Crippen molar-refractivity contribution in [3.63, 3.8) is 0 Å². The van der Waals surface area contributed by atoms with Crippen LogP contribution in [-0.4, -0.2) is 0 Å². The lowest BCUT2D eigenvalue weighted by Gasteiger charge is -2.11. The number of aryl methyl sites for hydroxylation is 1. The zero-order chi connectivity index (χ0) is 14.5. The third-order valence-corrected chi connectivity index (χ3v) is 3.53. The van der Waals surface area contributed by atoms with E-state index in [-0.39, 0.29) is 6.61 Å². The predicted octanol–water partition coefficient (Wildman–Crippen LogP) is 4.48. The first-order valence-corrected chi connectivity index (χ1v) is 7.23. The van der Waals surface area contributed by atoms with Crippen molar-refractivity contribution in [3.8, 4) is 11.8 Å². The highest BCUT2D eigenvalue weighted by atomic mass is 79.9. The van der Waals surface area contributed by atoms with Gasteiger partial charge in [-0.05, 0) is 25.1 Å². The average molecular weight is 334 g/mol. The third-order valence-electron chi connectivity index (χ3n) is 2.93. The van der Waals surface area contributed by atoms with Crippen LogP contribution in [0.2, 0.25) is 0 Å². The first-order valence-electron chi connectivity index (χ1n) is 6.11. The van der Waals surface area contributed by atoms with E-state index < -0.39 is 5.82 Å². The number of nitrogens with zero attached hydrogens (tertiary/aromatic N) is 1. The van der Waals surface area contributed by atoms with E-state index in [1.165, 1.54) is 6.07 Å². The fourth-order valence-electron chi connectivity index (χ4n) is 1.84. The van der Waals surface area contributed by atoms with Crippen LogP contribution in [-0.2, 0) is 11.9 Å². The minimum absolute atomic E-state index is 0.139. The van der Waals surface area contributed by atoms with Gasteiger partial charge in [0, 0.05) is 16.5 Å². The van der Waals surface area contributed by atoms with Crippen LogP contribution in [0.25, 0.3) is 0 Å². The molecule has 0 radical (unpaired) electrons. The number of alkyl halides is 1. The first-order chi connectivity index (χ1) is 9.63. The normalized spacial score (nSPS) is 10.1. The van der Waals surface area contributed by atoms with Crippen molar-refractivity contribution in [2.45, 2.75) is 18.9 Å². The zero-order valence-electron chi connectivity index (χ0n) is 11.0. The number of benzene rings is 2. The quantitative estimate of drug-likeness (QED) is 0.773. The van der Waals surface area contributed by atoms with Crippen molar-refractivity contribution in [1.82, 2.24) is 0 Å². The van der Waals surface area contributed by atoms with E-state index in [2.05, 4.69) is 15.9 Å². The largest absolute Gasteiger partial charge is 0.488 e.